The molecule has 168 valence electrons. The Balaban J connectivity index is 1.32. The Kier molecular flexibility index (Phi) is 5.00. The van der Waals surface area contributed by atoms with E-state index in [-0.39, 0.29) is 17.4 Å². The summed E-state index contributed by atoms with van der Waals surface area (Å²) in [6.07, 6.45) is 1.36. The molecule has 3 aliphatic heterocycles. The number of hydrogen-bond donors (Lipinski definition) is 0. The predicted molar refractivity (Wildman–Crippen MR) is 109 cm³/mol. The van der Waals surface area contributed by atoms with Gasteiger partial charge in [-0.3, -0.25) is 9.59 Å². The molecule has 5 nitrogen and oxygen atoms in total. The fourth-order valence-electron chi connectivity index (χ4n) is 5.25. The summed E-state index contributed by atoms with van der Waals surface area (Å²) in [6.45, 7) is 2.34. The molecule has 1 spiro atoms. The molecule has 2 atom stereocenters. The molecule has 3 aliphatic rings. The molecule has 0 aromatic heterocycles. The highest BCUT2D eigenvalue weighted by atomic mass is 19.1. The fraction of sp³-hybridized carbons (Fsp3) is 0.417. The molecule has 32 heavy (non-hydrogen) atoms. The zero-order valence-electron chi connectivity index (χ0n) is 17.6. The number of benzene rings is 2. The molecule has 5 rings (SSSR count). The number of halogens is 3. The van der Waals surface area contributed by atoms with Crippen molar-refractivity contribution in [2.45, 2.75) is 50.5 Å². The van der Waals surface area contributed by atoms with Crippen LogP contribution in [0.1, 0.15) is 53.2 Å². The average molecular weight is 444 g/mol. The second-order valence-electron chi connectivity index (χ2n) is 8.88. The first-order valence-electron chi connectivity index (χ1n) is 10.8. The van der Waals surface area contributed by atoms with Crippen molar-refractivity contribution in [2.75, 3.05) is 13.1 Å². The minimum Gasteiger partial charge on any atom is -0.342 e. The number of nitrogens with zero attached hydrogens (tertiary/aromatic N) is 2. The summed E-state index contributed by atoms with van der Waals surface area (Å²) in [5.41, 5.74) is 0.333. The van der Waals surface area contributed by atoms with Gasteiger partial charge < -0.3 is 14.5 Å². The number of likely N-dealkylation sites (tertiary alicyclic amines) is 1. The largest absolute Gasteiger partial charge is 0.342 e. The Hall–Kier alpha value is -2.87. The number of aryl methyl sites for hydroxylation is 1. The minimum atomic E-state index is -1.04. The Morgan fingerprint density at radius 2 is 1.62 bits per heavy atom. The van der Waals surface area contributed by atoms with Crippen LogP contribution < -0.4 is 0 Å². The van der Waals surface area contributed by atoms with E-state index < -0.39 is 35.3 Å². The molecule has 0 radical (unpaired) electrons. The zero-order valence-corrected chi connectivity index (χ0v) is 17.6. The molecule has 3 saturated heterocycles. The van der Waals surface area contributed by atoms with Crippen molar-refractivity contribution < 1.29 is 27.5 Å². The Morgan fingerprint density at radius 1 is 0.969 bits per heavy atom. The van der Waals surface area contributed by atoms with E-state index >= 15 is 0 Å². The molecule has 0 N–H and O–H groups in total. The minimum absolute atomic E-state index is 0.191. The normalized spacial score (nSPS) is 24.3. The highest BCUT2D eigenvalue weighted by Crippen LogP contribution is 2.47. The lowest BCUT2D eigenvalue weighted by Crippen LogP contribution is -2.51. The van der Waals surface area contributed by atoms with E-state index in [1.807, 2.05) is 0 Å². The maximum atomic E-state index is 13.7. The number of carbonyl (C=O) groups is 2. The summed E-state index contributed by atoms with van der Waals surface area (Å²) in [7, 11) is 0. The predicted octanol–water partition coefficient (Wildman–Crippen LogP) is 4.11. The smallest absolute Gasteiger partial charge is 0.257 e. The van der Waals surface area contributed by atoms with Crippen molar-refractivity contribution in [1.82, 2.24) is 9.80 Å². The molecule has 8 heteroatoms. The number of hydrogen-bond acceptors (Lipinski definition) is 3. The lowest BCUT2D eigenvalue weighted by Gasteiger charge is -2.37. The summed E-state index contributed by atoms with van der Waals surface area (Å²) in [5, 5.41) is 0. The van der Waals surface area contributed by atoms with Crippen LogP contribution in [0.15, 0.2) is 36.4 Å². The van der Waals surface area contributed by atoms with Gasteiger partial charge in [0.1, 0.15) is 23.7 Å². The van der Waals surface area contributed by atoms with E-state index in [2.05, 4.69) is 0 Å². The highest BCUT2D eigenvalue weighted by Gasteiger charge is 2.58. The Labute approximate surface area is 183 Å². The molecule has 0 unspecified atom stereocenters. The molecular formula is C24H23F3N2O3. The van der Waals surface area contributed by atoms with Crippen molar-refractivity contribution in [3.05, 3.63) is 70.5 Å². The molecule has 2 amide bonds. The third kappa shape index (κ3) is 3.46. The first-order chi connectivity index (χ1) is 15.3. The zero-order chi connectivity index (χ0) is 22.6. The van der Waals surface area contributed by atoms with Crippen molar-refractivity contribution in [1.29, 1.82) is 0 Å². The Morgan fingerprint density at radius 3 is 2.28 bits per heavy atom. The third-order valence-electron chi connectivity index (χ3n) is 6.74. The van der Waals surface area contributed by atoms with Crippen LogP contribution in [0.5, 0.6) is 0 Å². The Bertz CT molecular complexity index is 1060. The van der Waals surface area contributed by atoms with Gasteiger partial charge in [0.05, 0.1) is 6.04 Å². The summed E-state index contributed by atoms with van der Waals surface area (Å²) < 4.78 is 47.4. The van der Waals surface area contributed by atoms with Gasteiger partial charge in [0.15, 0.2) is 5.60 Å². The van der Waals surface area contributed by atoms with Crippen LogP contribution in [0.2, 0.25) is 0 Å². The van der Waals surface area contributed by atoms with Crippen molar-refractivity contribution in [3.63, 3.8) is 0 Å². The van der Waals surface area contributed by atoms with E-state index in [1.54, 1.807) is 22.8 Å². The second kappa shape index (κ2) is 7.62. The number of piperidine rings is 1. The van der Waals surface area contributed by atoms with Crippen LogP contribution in [0.3, 0.4) is 0 Å². The fourth-order valence-corrected chi connectivity index (χ4v) is 5.25. The van der Waals surface area contributed by atoms with E-state index in [0.29, 0.717) is 49.9 Å². The van der Waals surface area contributed by atoms with E-state index in [0.717, 1.165) is 6.07 Å². The van der Waals surface area contributed by atoms with Gasteiger partial charge in [0.25, 0.3) is 11.8 Å². The summed E-state index contributed by atoms with van der Waals surface area (Å²) in [4.78, 5) is 29.5. The van der Waals surface area contributed by atoms with Gasteiger partial charge in [-0.15, -0.1) is 0 Å². The van der Waals surface area contributed by atoms with Crippen LogP contribution in [-0.4, -0.2) is 46.5 Å². The van der Waals surface area contributed by atoms with Crippen LogP contribution in [0, 0.1) is 24.4 Å². The SMILES string of the molecule is Cc1cc(F)cc(C(=O)N2CCC3(CC2)O[C@@H]2CC[C@@H](c4cc(F)cc(F)c4)N2C3=O)c1. The molecule has 0 bridgehead atoms. The molecular weight excluding hydrogens is 421 g/mol. The second-order valence-corrected chi connectivity index (χ2v) is 8.88. The van der Waals surface area contributed by atoms with Crippen LogP contribution in [0.4, 0.5) is 13.2 Å². The lowest BCUT2D eigenvalue weighted by molar-refractivity contribution is -0.142. The number of amides is 2. The van der Waals surface area contributed by atoms with Crippen LogP contribution >= 0.6 is 0 Å². The molecule has 3 fully saturated rings. The number of carbonyl (C=O) groups excluding carboxylic acids is 2. The van der Waals surface area contributed by atoms with Crippen LogP contribution in [0.25, 0.3) is 0 Å². The third-order valence-corrected chi connectivity index (χ3v) is 6.74. The van der Waals surface area contributed by atoms with Gasteiger partial charge in [0, 0.05) is 37.6 Å². The molecule has 3 heterocycles. The quantitative estimate of drug-likeness (QED) is 0.701. The molecule has 2 aromatic rings. The number of ether oxygens (including phenoxy) is 1. The van der Waals surface area contributed by atoms with E-state index in [9.17, 15) is 22.8 Å². The van der Waals surface area contributed by atoms with Gasteiger partial charge in [-0.2, -0.15) is 0 Å². The van der Waals surface area contributed by atoms with E-state index in [1.165, 1.54) is 24.3 Å². The van der Waals surface area contributed by atoms with Gasteiger partial charge >= 0.3 is 0 Å². The molecule has 0 saturated carbocycles. The van der Waals surface area contributed by atoms with Crippen molar-refractivity contribution in [2.24, 2.45) is 0 Å². The number of fused-ring (bicyclic) bond motifs is 1. The topological polar surface area (TPSA) is 49.9 Å². The summed E-state index contributed by atoms with van der Waals surface area (Å²) in [6, 6.07) is 7.12. The van der Waals surface area contributed by atoms with Gasteiger partial charge in [-0.1, -0.05) is 0 Å². The van der Waals surface area contributed by atoms with Gasteiger partial charge in [-0.05, 0) is 61.2 Å². The van der Waals surface area contributed by atoms with Crippen molar-refractivity contribution in [3.8, 4) is 0 Å². The first-order valence-corrected chi connectivity index (χ1v) is 10.8. The highest BCUT2D eigenvalue weighted by molar-refractivity contribution is 5.95. The lowest BCUT2D eigenvalue weighted by atomic mass is 9.89. The summed E-state index contributed by atoms with van der Waals surface area (Å²) >= 11 is 0. The van der Waals surface area contributed by atoms with Crippen LogP contribution in [-0.2, 0) is 9.53 Å². The maximum absolute atomic E-state index is 13.7. The van der Waals surface area contributed by atoms with E-state index in [4.69, 9.17) is 4.74 Å². The first kappa shape index (κ1) is 21.0. The number of rotatable bonds is 2. The van der Waals surface area contributed by atoms with Gasteiger partial charge in [-0.25, -0.2) is 13.2 Å². The summed E-state index contributed by atoms with van der Waals surface area (Å²) in [5.74, 6) is -2.28. The average Bonchev–Trinajstić information content (AvgIpc) is 3.25. The molecule has 2 aromatic carbocycles. The standard InChI is InChI=1S/C24H23F3N2O3/c1-14-8-16(12-17(25)9-14)22(30)28-6-4-24(5-7-28)23(31)29-20(2-3-21(29)32-24)15-10-18(26)13-19(27)11-15/h8-13,20-21H,2-7H2,1H3/t20-,21+/m0/s1. The monoisotopic (exact) mass is 444 g/mol. The molecule has 0 aliphatic carbocycles. The van der Waals surface area contributed by atoms with Crippen molar-refractivity contribution >= 4 is 11.8 Å². The van der Waals surface area contributed by atoms with Gasteiger partial charge in [0.2, 0.25) is 0 Å². The maximum Gasteiger partial charge on any atom is 0.257 e.